The Hall–Kier alpha value is -1.85. The number of hydrogen-bond acceptors (Lipinski definition) is 5. The zero-order chi connectivity index (χ0) is 11.5. The third kappa shape index (κ3) is 2.59. The van der Waals surface area contributed by atoms with Gasteiger partial charge in [-0.05, 0) is 18.4 Å². The predicted molar refractivity (Wildman–Crippen MR) is 61.1 cm³/mol. The van der Waals surface area contributed by atoms with E-state index in [9.17, 15) is 10.1 Å². The standard InChI is InChI=1S/C10H14N4O2/c11-10-8(14(15)16)3-4-9(13-10)12-6-5-7-1-2-7/h3-4,7H,1-2,5-6H2,(H3,11,12,13). The molecule has 2 rings (SSSR count). The average Bonchev–Trinajstić information content (AvgIpc) is 3.01. The number of rotatable bonds is 5. The maximum Gasteiger partial charge on any atom is 0.311 e. The quantitative estimate of drug-likeness (QED) is 0.585. The number of anilines is 2. The van der Waals surface area contributed by atoms with Crippen LogP contribution in [0.25, 0.3) is 0 Å². The molecule has 1 aliphatic rings. The lowest BCUT2D eigenvalue weighted by molar-refractivity contribution is -0.384. The Morgan fingerprint density at radius 1 is 1.56 bits per heavy atom. The zero-order valence-electron chi connectivity index (χ0n) is 8.85. The minimum Gasteiger partial charge on any atom is -0.378 e. The summed E-state index contributed by atoms with van der Waals surface area (Å²) in [6.07, 6.45) is 3.76. The van der Waals surface area contributed by atoms with E-state index < -0.39 is 4.92 Å². The highest BCUT2D eigenvalue weighted by molar-refractivity contribution is 5.57. The molecule has 1 fully saturated rings. The molecule has 0 amide bonds. The van der Waals surface area contributed by atoms with Gasteiger partial charge >= 0.3 is 5.69 Å². The molecule has 0 aliphatic heterocycles. The van der Waals surface area contributed by atoms with Crippen LogP contribution in [-0.4, -0.2) is 16.5 Å². The van der Waals surface area contributed by atoms with Gasteiger partial charge in [0.05, 0.1) is 4.92 Å². The van der Waals surface area contributed by atoms with Crippen molar-refractivity contribution in [1.82, 2.24) is 4.98 Å². The Kier molecular flexibility index (Phi) is 2.89. The molecule has 1 aromatic heterocycles. The van der Waals surface area contributed by atoms with Gasteiger partial charge in [0, 0.05) is 12.6 Å². The molecule has 16 heavy (non-hydrogen) atoms. The molecule has 86 valence electrons. The summed E-state index contributed by atoms with van der Waals surface area (Å²) in [7, 11) is 0. The highest BCUT2D eigenvalue weighted by Gasteiger charge is 2.20. The zero-order valence-corrected chi connectivity index (χ0v) is 8.85. The van der Waals surface area contributed by atoms with E-state index in [4.69, 9.17) is 5.73 Å². The monoisotopic (exact) mass is 222 g/mol. The first-order valence-corrected chi connectivity index (χ1v) is 5.31. The minimum absolute atomic E-state index is 0.0404. The number of pyridine rings is 1. The second kappa shape index (κ2) is 4.34. The van der Waals surface area contributed by atoms with Gasteiger partial charge in [0.15, 0.2) is 0 Å². The lowest BCUT2D eigenvalue weighted by Crippen LogP contribution is -2.06. The van der Waals surface area contributed by atoms with Crippen molar-refractivity contribution in [2.75, 3.05) is 17.6 Å². The molecule has 6 heteroatoms. The van der Waals surface area contributed by atoms with Crippen LogP contribution in [0.5, 0.6) is 0 Å². The van der Waals surface area contributed by atoms with Crippen LogP contribution in [0.1, 0.15) is 19.3 Å². The number of nitrogens with zero attached hydrogens (tertiary/aromatic N) is 2. The van der Waals surface area contributed by atoms with Crippen molar-refractivity contribution < 1.29 is 4.92 Å². The molecule has 1 aromatic rings. The highest BCUT2D eigenvalue weighted by atomic mass is 16.6. The van der Waals surface area contributed by atoms with Crippen molar-refractivity contribution in [2.24, 2.45) is 5.92 Å². The maximum atomic E-state index is 10.5. The Bertz CT molecular complexity index is 404. The smallest absolute Gasteiger partial charge is 0.311 e. The number of nitrogen functional groups attached to an aromatic ring is 1. The number of nitrogens with two attached hydrogens (primary N) is 1. The molecule has 3 N–H and O–H groups in total. The van der Waals surface area contributed by atoms with Gasteiger partial charge in [0.1, 0.15) is 5.82 Å². The topological polar surface area (TPSA) is 94.1 Å². The van der Waals surface area contributed by atoms with E-state index in [1.807, 2.05) is 0 Å². The van der Waals surface area contributed by atoms with Gasteiger partial charge in [-0.15, -0.1) is 0 Å². The largest absolute Gasteiger partial charge is 0.378 e. The third-order valence-corrected chi connectivity index (χ3v) is 2.65. The Balaban J connectivity index is 1.93. The van der Waals surface area contributed by atoms with Crippen molar-refractivity contribution in [1.29, 1.82) is 0 Å². The first-order chi connectivity index (χ1) is 7.66. The van der Waals surface area contributed by atoms with Crippen molar-refractivity contribution in [2.45, 2.75) is 19.3 Å². The first kappa shape index (κ1) is 10.7. The maximum absolute atomic E-state index is 10.5. The Labute approximate surface area is 93.0 Å². The molecule has 0 unspecified atom stereocenters. The van der Waals surface area contributed by atoms with E-state index in [-0.39, 0.29) is 11.5 Å². The summed E-state index contributed by atoms with van der Waals surface area (Å²) in [5.41, 5.74) is 5.33. The normalized spacial score (nSPS) is 14.8. The fourth-order valence-corrected chi connectivity index (χ4v) is 1.53. The number of nitro groups is 1. The van der Waals surface area contributed by atoms with Crippen molar-refractivity contribution in [3.63, 3.8) is 0 Å². The van der Waals surface area contributed by atoms with Crippen molar-refractivity contribution in [3.05, 3.63) is 22.2 Å². The van der Waals surface area contributed by atoms with Crippen LogP contribution in [0.3, 0.4) is 0 Å². The van der Waals surface area contributed by atoms with Crippen LogP contribution in [-0.2, 0) is 0 Å². The minimum atomic E-state index is -0.531. The molecule has 1 aliphatic carbocycles. The number of aromatic nitrogens is 1. The van der Waals surface area contributed by atoms with Crippen LogP contribution in [0.15, 0.2) is 12.1 Å². The summed E-state index contributed by atoms with van der Waals surface area (Å²) in [6, 6.07) is 2.96. The van der Waals surface area contributed by atoms with Crippen LogP contribution >= 0.6 is 0 Å². The molecule has 0 bridgehead atoms. The van der Waals surface area contributed by atoms with Crippen LogP contribution in [0.2, 0.25) is 0 Å². The summed E-state index contributed by atoms with van der Waals surface area (Å²) in [5.74, 6) is 1.41. The summed E-state index contributed by atoms with van der Waals surface area (Å²) in [4.78, 5) is 13.9. The van der Waals surface area contributed by atoms with Crippen LogP contribution in [0, 0.1) is 16.0 Å². The van der Waals surface area contributed by atoms with E-state index >= 15 is 0 Å². The molecule has 0 atom stereocenters. The molecule has 6 nitrogen and oxygen atoms in total. The van der Waals surface area contributed by atoms with Gasteiger partial charge in [-0.1, -0.05) is 12.8 Å². The molecule has 1 saturated carbocycles. The first-order valence-electron chi connectivity index (χ1n) is 5.31. The lowest BCUT2D eigenvalue weighted by Gasteiger charge is -2.05. The van der Waals surface area contributed by atoms with E-state index in [0.29, 0.717) is 5.82 Å². The summed E-state index contributed by atoms with van der Waals surface area (Å²) in [5, 5.41) is 13.6. The molecule has 0 radical (unpaired) electrons. The number of hydrogen-bond donors (Lipinski definition) is 2. The molecule has 1 heterocycles. The van der Waals surface area contributed by atoms with E-state index in [2.05, 4.69) is 10.3 Å². The fraction of sp³-hybridized carbons (Fsp3) is 0.500. The van der Waals surface area contributed by atoms with Gasteiger partial charge in [-0.3, -0.25) is 10.1 Å². The van der Waals surface area contributed by atoms with E-state index in [0.717, 1.165) is 18.9 Å². The SMILES string of the molecule is Nc1nc(NCCC2CC2)ccc1[N+](=O)[O-]. The molecule has 0 saturated heterocycles. The van der Waals surface area contributed by atoms with Crippen molar-refractivity contribution >= 4 is 17.3 Å². The van der Waals surface area contributed by atoms with Gasteiger partial charge in [0.25, 0.3) is 0 Å². The van der Waals surface area contributed by atoms with E-state index in [1.54, 1.807) is 6.07 Å². The van der Waals surface area contributed by atoms with Gasteiger partial charge in [0.2, 0.25) is 5.82 Å². The average molecular weight is 222 g/mol. The summed E-state index contributed by atoms with van der Waals surface area (Å²) >= 11 is 0. The predicted octanol–water partition coefficient (Wildman–Crippen LogP) is 1.78. The summed E-state index contributed by atoms with van der Waals surface area (Å²) in [6.45, 7) is 0.842. The van der Waals surface area contributed by atoms with Gasteiger partial charge < -0.3 is 11.1 Å². The van der Waals surface area contributed by atoms with Crippen molar-refractivity contribution in [3.8, 4) is 0 Å². The molecular weight excluding hydrogens is 208 g/mol. The molecule has 0 spiro atoms. The Morgan fingerprint density at radius 3 is 2.88 bits per heavy atom. The lowest BCUT2D eigenvalue weighted by atomic mass is 10.3. The second-order valence-electron chi connectivity index (χ2n) is 4.02. The summed E-state index contributed by atoms with van der Waals surface area (Å²) < 4.78 is 0. The second-order valence-corrected chi connectivity index (χ2v) is 4.02. The van der Waals surface area contributed by atoms with Crippen LogP contribution in [0.4, 0.5) is 17.3 Å². The fourth-order valence-electron chi connectivity index (χ4n) is 1.53. The van der Waals surface area contributed by atoms with E-state index in [1.165, 1.54) is 18.9 Å². The highest BCUT2D eigenvalue weighted by Crippen LogP contribution is 2.32. The number of nitrogens with one attached hydrogen (secondary N) is 1. The molecular formula is C10H14N4O2. The van der Waals surface area contributed by atoms with Crippen LogP contribution < -0.4 is 11.1 Å². The Morgan fingerprint density at radius 2 is 2.31 bits per heavy atom. The van der Waals surface area contributed by atoms with Gasteiger partial charge in [-0.2, -0.15) is 0 Å². The third-order valence-electron chi connectivity index (χ3n) is 2.65. The van der Waals surface area contributed by atoms with Gasteiger partial charge in [-0.25, -0.2) is 4.98 Å². The molecule has 0 aromatic carbocycles.